The van der Waals surface area contributed by atoms with Gasteiger partial charge in [0.2, 0.25) is 5.78 Å². The predicted octanol–water partition coefficient (Wildman–Crippen LogP) is 4.08. The fourth-order valence-corrected chi connectivity index (χ4v) is 3.40. The summed E-state index contributed by atoms with van der Waals surface area (Å²) < 4.78 is 12.3. The Bertz CT molecular complexity index is 251. The Hall–Kier alpha value is 0.0200. The molecular formula is C12H27NO2P+. The lowest BCUT2D eigenvalue weighted by atomic mass is 9.94. The summed E-state index contributed by atoms with van der Waals surface area (Å²) in [4.78, 5) is 0. The highest BCUT2D eigenvalue weighted by Gasteiger charge is 2.49. The first-order valence-corrected chi connectivity index (χ1v) is 7.22. The Balaban J connectivity index is 5.21. The first-order valence-electron chi connectivity index (χ1n) is 5.82. The van der Waals surface area contributed by atoms with Crippen LogP contribution >= 0.6 is 7.80 Å². The van der Waals surface area contributed by atoms with Crippen molar-refractivity contribution in [1.82, 2.24) is 5.06 Å². The van der Waals surface area contributed by atoms with Gasteiger partial charge in [0.25, 0.3) is 0 Å². The molecule has 96 valence electrons. The van der Waals surface area contributed by atoms with Crippen molar-refractivity contribution < 1.29 is 9.77 Å². The van der Waals surface area contributed by atoms with E-state index in [9.17, 15) is 9.77 Å². The molecule has 1 N–H and O–H groups in total. The van der Waals surface area contributed by atoms with E-state index in [2.05, 4.69) is 0 Å². The first kappa shape index (κ1) is 16.0. The number of hydroxylamine groups is 2. The Kier molecular flexibility index (Phi) is 5.12. The molecule has 0 saturated carbocycles. The summed E-state index contributed by atoms with van der Waals surface area (Å²) in [5.41, 5.74) is -0.520. The average molecular weight is 248 g/mol. The second kappa shape index (κ2) is 5.12. The SMILES string of the molecule is CC(C)[P+](=O)C(N(O)C(C)(C)C)C(C)(C)C. The summed E-state index contributed by atoms with van der Waals surface area (Å²) in [5.74, 6) is -0.317. The summed E-state index contributed by atoms with van der Waals surface area (Å²) in [5, 5.41) is 11.5. The topological polar surface area (TPSA) is 40.5 Å². The van der Waals surface area contributed by atoms with Crippen LogP contribution in [0, 0.1) is 5.41 Å². The fraction of sp³-hybridized carbons (Fsp3) is 1.00. The van der Waals surface area contributed by atoms with Crippen LogP contribution in [0.25, 0.3) is 0 Å². The van der Waals surface area contributed by atoms with Gasteiger partial charge in [-0.25, -0.2) is 0 Å². The molecule has 0 aliphatic rings. The van der Waals surface area contributed by atoms with Crippen LogP contribution in [-0.4, -0.2) is 27.3 Å². The zero-order valence-electron chi connectivity index (χ0n) is 11.9. The molecule has 2 unspecified atom stereocenters. The van der Waals surface area contributed by atoms with Gasteiger partial charge in [0, 0.05) is 11.0 Å². The van der Waals surface area contributed by atoms with Crippen LogP contribution in [0.3, 0.4) is 0 Å². The lowest BCUT2D eigenvalue weighted by Gasteiger charge is -2.37. The zero-order chi connectivity index (χ0) is 13.3. The van der Waals surface area contributed by atoms with Crippen LogP contribution in [-0.2, 0) is 4.57 Å². The fourth-order valence-electron chi connectivity index (χ4n) is 1.51. The minimum Gasteiger partial charge on any atom is -0.309 e. The van der Waals surface area contributed by atoms with E-state index < -0.39 is 13.3 Å². The second-order valence-corrected chi connectivity index (χ2v) is 8.95. The van der Waals surface area contributed by atoms with E-state index in [0.717, 1.165) is 0 Å². The normalized spacial score (nSPS) is 16.8. The summed E-state index contributed by atoms with van der Waals surface area (Å²) >= 11 is 0. The van der Waals surface area contributed by atoms with E-state index in [-0.39, 0.29) is 16.9 Å². The molecule has 2 atom stereocenters. The van der Waals surface area contributed by atoms with Gasteiger partial charge in [-0.15, -0.1) is 5.06 Å². The van der Waals surface area contributed by atoms with Gasteiger partial charge in [0.05, 0.1) is 0 Å². The van der Waals surface area contributed by atoms with Crippen molar-refractivity contribution in [3.8, 4) is 0 Å². The predicted molar refractivity (Wildman–Crippen MR) is 69.4 cm³/mol. The van der Waals surface area contributed by atoms with Crippen molar-refractivity contribution >= 4 is 7.80 Å². The molecule has 4 heteroatoms. The van der Waals surface area contributed by atoms with Crippen LogP contribution in [0.5, 0.6) is 0 Å². The third kappa shape index (κ3) is 4.12. The van der Waals surface area contributed by atoms with Crippen LogP contribution in [0.4, 0.5) is 0 Å². The molecule has 0 bridgehead atoms. The van der Waals surface area contributed by atoms with Gasteiger partial charge in [0.1, 0.15) is 0 Å². The van der Waals surface area contributed by atoms with Gasteiger partial charge in [-0.05, 0) is 34.6 Å². The summed E-state index contributed by atoms with van der Waals surface area (Å²) in [6.07, 6.45) is 0. The largest absolute Gasteiger partial charge is 0.362 e. The molecule has 0 saturated heterocycles. The van der Waals surface area contributed by atoms with Crippen LogP contribution in [0.15, 0.2) is 0 Å². The third-order valence-electron chi connectivity index (χ3n) is 2.44. The molecule has 0 amide bonds. The minimum absolute atomic E-state index is 0.0798. The molecule has 3 nitrogen and oxygen atoms in total. The van der Waals surface area contributed by atoms with Crippen molar-refractivity contribution in [3.05, 3.63) is 0 Å². The lowest BCUT2D eigenvalue weighted by Crippen LogP contribution is -2.50. The maximum absolute atomic E-state index is 12.3. The Morgan fingerprint density at radius 3 is 1.62 bits per heavy atom. The Morgan fingerprint density at radius 1 is 1.06 bits per heavy atom. The van der Waals surface area contributed by atoms with Crippen LogP contribution in [0.1, 0.15) is 55.4 Å². The number of rotatable bonds is 3. The summed E-state index contributed by atoms with van der Waals surface area (Å²) in [6.45, 7) is 15.7. The van der Waals surface area contributed by atoms with Gasteiger partial charge in [-0.2, -0.15) is 0 Å². The van der Waals surface area contributed by atoms with Crippen molar-refractivity contribution in [2.75, 3.05) is 0 Å². The van der Waals surface area contributed by atoms with Gasteiger partial charge >= 0.3 is 7.80 Å². The maximum atomic E-state index is 12.3. The highest BCUT2D eigenvalue weighted by molar-refractivity contribution is 7.46. The molecule has 0 aliphatic heterocycles. The molecule has 0 aromatic heterocycles. The van der Waals surface area contributed by atoms with Crippen molar-refractivity contribution in [1.29, 1.82) is 0 Å². The molecule has 0 radical (unpaired) electrons. The number of hydrogen-bond acceptors (Lipinski definition) is 3. The van der Waals surface area contributed by atoms with E-state index in [1.807, 2.05) is 55.4 Å². The van der Waals surface area contributed by atoms with Crippen molar-refractivity contribution in [2.45, 2.75) is 72.4 Å². The molecule has 0 aromatic rings. The van der Waals surface area contributed by atoms with Gasteiger partial charge in [0.15, 0.2) is 5.66 Å². The standard InChI is InChI=1S/C12H27NO2P/c1-9(2)16(15)10(11(3,4)5)13(14)12(6,7)8/h9-10,14H,1-8H3/q+1. The Morgan fingerprint density at radius 2 is 1.44 bits per heavy atom. The molecule has 0 aliphatic carbocycles. The number of hydrogen-bond donors (Lipinski definition) is 1. The molecule has 0 aromatic carbocycles. The molecule has 0 rings (SSSR count). The highest BCUT2D eigenvalue weighted by atomic mass is 31.1. The number of nitrogens with zero attached hydrogens (tertiary/aromatic N) is 1. The van der Waals surface area contributed by atoms with E-state index in [1.165, 1.54) is 5.06 Å². The first-order chi connectivity index (χ1) is 6.89. The monoisotopic (exact) mass is 248 g/mol. The van der Waals surface area contributed by atoms with E-state index in [4.69, 9.17) is 0 Å². The van der Waals surface area contributed by atoms with Crippen LogP contribution < -0.4 is 0 Å². The molecule has 16 heavy (non-hydrogen) atoms. The minimum atomic E-state index is -1.47. The smallest absolute Gasteiger partial charge is 0.309 e. The zero-order valence-corrected chi connectivity index (χ0v) is 12.8. The lowest BCUT2D eigenvalue weighted by molar-refractivity contribution is -0.185. The quantitative estimate of drug-likeness (QED) is 0.604. The van der Waals surface area contributed by atoms with Gasteiger partial charge in [-0.1, -0.05) is 25.3 Å². The summed E-state index contributed by atoms with van der Waals surface area (Å²) in [7, 11) is -1.47. The van der Waals surface area contributed by atoms with E-state index in [0.29, 0.717) is 0 Å². The third-order valence-corrected chi connectivity index (χ3v) is 4.94. The van der Waals surface area contributed by atoms with Gasteiger partial charge < -0.3 is 5.21 Å². The summed E-state index contributed by atoms with van der Waals surface area (Å²) in [6, 6.07) is 0. The molecule has 0 spiro atoms. The highest BCUT2D eigenvalue weighted by Crippen LogP contribution is 2.46. The van der Waals surface area contributed by atoms with E-state index in [1.54, 1.807) is 0 Å². The molecule has 0 heterocycles. The van der Waals surface area contributed by atoms with Gasteiger partial charge in [-0.3, -0.25) is 0 Å². The maximum Gasteiger partial charge on any atom is 0.362 e. The van der Waals surface area contributed by atoms with Crippen molar-refractivity contribution in [2.24, 2.45) is 5.41 Å². The average Bonchev–Trinajstić information content (AvgIpc) is 1.99. The second-order valence-electron chi connectivity index (χ2n) is 6.71. The van der Waals surface area contributed by atoms with Crippen molar-refractivity contribution in [3.63, 3.8) is 0 Å². The molecule has 0 fully saturated rings. The van der Waals surface area contributed by atoms with Crippen LogP contribution in [0.2, 0.25) is 0 Å². The van der Waals surface area contributed by atoms with E-state index >= 15 is 0 Å². The molecular weight excluding hydrogens is 221 g/mol. The Labute approximate surface area is 101 Å².